The zero-order valence-corrected chi connectivity index (χ0v) is 13.5. The third-order valence-corrected chi connectivity index (χ3v) is 5.94. The van der Waals surface area contributed by atoms with Gasteiger partial charge in [-0.1, -0.05) is 23.7 Å². The summed E-state index contributed by atoms with van der Waals surface area (Å²) < 4.78 is 5.95. The van der Waals surface area contributed by atoms with Gasteiger partial charge in [0, 0.05) is 21.7 Å². The average molecular weight is 334 g/mol. The number of fused-ring (bicyclic) bond motifs is 2. The smallest absolute Gasteiger partial charge is 0.153 e. The van der Waals surface area contributed by atoms with Crippen LogP contribution in [0.1, 0.15) is 5.56 Å². The Hall–Kier alpha value is -1.10. The summed E-state index contributed by atoms with van der Waals surface area (Å²) in [5.74, 6) is 3.95. The van der Waals surface area contributed by atoms with Crippen molar-refractivity contribution < 1.29 is 4.74 Å². The Morgan fingerprint density at radius 3 is 2.95 bits per heavy atom. The highest BCUT2D eigenvalue weighted by Gasteiger charge is 2.23. The van der Waals surface area contributed by atoms with Crippen molar-refractivity contribution in [2.75, 3.05) is 11.5 Å². The lowest BCUT2D eigenvalue weighted by Crippen LogP contribution is -1.95. The monoisotopic (exact) mass is 333 g/mol. The SMILES string of the molecule is ClC1=Nc2ccccc2Oc2ccc(SCC3CS3)cc21. The Kier molecular flexibility index (Phi) is 3.61. The maximum Gasteiger partial charge on any atom is 0.153 e. The van der Waals surface area contributed by atoms with E-state index in [-0.39, 0.29) is 0 Å². The Balaban J connectivity index is 1.69. The molecule has 0 radical (unpaired) electrons. The molecule has 1 atom stereocenters. The second kappa shape index (κ2) is 5.59. The number of benzene rings is 2. The quantitative estimate of drug-likeness (QED) is 0.560. The number of aliphatic imine (C=N–C) groups is 1. The van der Waals surface area contributed by atoms with Crippen LogP contribution in [0.4, 0.5) is 5.69 Å². The van der Waals surface area contributed by atoms with Gasteiger partial charge in [0.25, 0.3) is 0 Å². The first-order valence-electron chi connectivity index (χ1n) is 6.69. The summed E-state index contributed by atoms with van der Waals surface area (Å²) in [4.78, 5) is 5.69. The molecular weight excluding hydrogens is 322 g/mol. The van der Waals surface area contributed by atoms with Crippen molar-refractivity contribution >= 4 is 46.0 Å². The van der Waals surface area contributed by atoms with E-state index in [1.54, 1.807) is 0 Å². The lowest BCUT2D eigenvalue weighted by molar-refractivity contribution is 0.484. The van der Waals surface area contributed by atoms with Gasteiger partial charge in [0.1, 0.15) is 16.6 Å². The third kappa shape index (κ3) is 2.93. The lowest BCUT2D eigenvalue weighted by Gasteiger charge is -2.09. The molecule has 0 spiro atoms. The Morgan fingerprint density at radius 1 is 1.24 bits per heavy atom. The van der Waals surface area contributed by atoms with Crippen molar-refractivity contribution in [3.8, 4) is 11.5 Å². The number of halogens is 1. The van der Waals surface area contributed by atoms with Crippen LogP contribution in [0.2, 0.25) is 0 Å². The summed E-state index contributed by atoms with van der Waals surface area (Å²) in [7, 11) is 0. The predicted octanol–water partition coefficient (Wildman–Crippen LogP) is 5.32. The highest BCUT2D eigenvalue weighted by molar-refractivity contribution is 8.08. The minimum absolute atomic E-state index is 0.484. The Morgan fingerprint density at radius 2 is 2.10 bits per heavy atom. The highest BCUT2D eigenvalue weighted by Crippen LogP contribution is 2.40. The predicted molar refractivity (Wildman–Crippen MR) is 92.0 cm³/mol. The third-order valence-electron chi connectivity index (χ3n) is 3.32. The lowest BCUT2D eigenvalue weighted by atomic mass is 10.2. The molecule has 0 N–H and O–H groups in total. The van der Waals surface area contributed by atoms with Gasteiger partial charge in [-0.2, -0.15) is 11.8 Å². The molecule has 4 rings (SSSR count). The molecule has 2 aromatic rings. The van der Waals surface area contributed by atoms with Gasteiger partial charge >= 0.3 is 0 Å². The first-order valence-corrected chi connectivity index (χ1v) is 9.11. The molecule has 21 heavy (non-hydrogen) atoms. The molecule has 0 aliphatic carbocycles. The van der Waals surface area contributed by atoms with E-state index in [4.69, 9.17) is 16.3 Å². The second-order valence-corrected chi connectivity index (χ2v) is 7.68. The van der Waals surface area contributed by atoms with Crippen molar-refractivity contribution in [2.45, 2.75) is 10.1 Å². The van der Waals surface area contributed by atoms with Gasteiger partial charge in [0.2, 0.25) is 0 Å². The molecule has 0 amide bonds. The van der Waals surface area contributed by atoms with Crippen molar-refractivity contribution in [3.63, 3.8) is 0 Å². The Labute approximate surface area is 136 Å². The normalized spacial score (nSPS) is 18.9. The van der Waals surface area contributed by atoms with Gasteiger partial charge in [-0.15, -0.1) is 11.8 Å². The number of thioether (sulfide) groups is 2. The van der Waals surface area contributed by atoms with E-state index < -0.39 is 0 Å². The summed E-state index contributed by atoms with van der Waals surface area (Å²) in [5.41, 5.74) is 1.63. The van der Waals surface area contributed by atoms with Crippen molar-refractivity contribution in [1.82, 2.24) is 0 Å². The number of hydrogen-bond donors (Lipinski definition) is 0. The van der Waals surface area contributed by atoms with Crippen molar-refractivity contribution in [2.24, 2.45) is 4.99 Å². The molecule has 2 aliphatic rings. The zero-order valence-electron chi connectivity index (χ0n) is 11.1. The molecule has 2 aromatic carbocycles. The molecule has 5 heteroatoms. The van der Waals surface area contributed by atoms with Crippen LogP contribution in [0.5, 0.6) is 11.5 Å². The Bertz CT molecular complexity index is 728. The van der Waals surface area contributed by atoms with E-state index in [1.165, 1.54) is 10.6 Å². The summed E-state index contributed by atoms with van der Waals surface area (Å²) in [5, 5.41) is 1.30. The van der Waals surface area contributed by atoms with Crippen LogP contribution < -0.4 is 4.74 Å². The van der Waals surface area contributed by atoms with E-state index in [0.717, 1.165) is 33.8 Å². The van der Waals surface area contributed by atoms with Crippen LogP contribution in [0, 0.1) is 0 Å². The molecular formula is C16H12ClNOS2. The van der Waals surface area contributed by atoms with Crippen LogP contribution in [-0.4, -0.2) is 21.9 Å². The van der Waals surface area contributed by atoms with Crippen LogP contribution >= 0.6 is 35.1 Å². The highest BCUT2D eigenvalue weighted by atomic mass is 35.5. The van der Waals surface area contributed by atoms with Gasteiger partial charge in [0.05, 0.1) is 5.56 Å². The molecule has 0 aromatic heterocycles. The molecule has 0 saturated carbocycles. The fraction of sp³-hybridized carbons (Fsp3) is 0.188. The summed E-state index contributed by atoms with van der Waals surface area (Å²) in [6, 6.07) is 13.8. The molecule has 0 bridgehead atoms. The first-order chi connectivity index (χ1) is 10.3. The van der Waals surface area contributed by atoms with E-state index in [2.05, 4.69) is 17.1 Å². The van der Waals surface area contributed by atoms with Gasteiger partial charge in [-0.25, -0.2) is 4.99 Å². The summed E-state index contributed by atoms with van der Waals surface area (Å²) in [6.45, 7) is 0. The minimum atomic E-state index is 0.484. The number of para-hydroxylation sites is 2. The molecule has 2 nitrogen and oxygen atoms in total. The molecule has 1 saturated heterocycles. The maximum absolute atomic E-state index is 6.38. The van der Waals surface area contributed by atoms with Crippen LogP contribution in [0.25, 0.3) is 0 Å². The fourth-order valence-corrected chi connectivity index (χ4v) is 4.22. The largest absolute Gasteiger partial charge is 0.454 e. The topological polar surface area (TPSA) is 21.6 Å². The van der Waals surface area contributed by atoms with E-state index in [0.29, 0.717) is 5.17 Å². The molecule has 1 fully saturated rings. The average Bonchev–Trinajstić information content (AvgIpc) is 3.32. The van der Waals surface area contributed by atoms with Crippen molar-refractivity contribution in [1.29, 1.82) is 0 Å². The van der Waals surface area contributed by atoms with Gasteiger partial charge < -0.3 is 4.74 Å². The molecule has 106 valence electrons. The van der Waals surface area contributed by atoms with E-state index in [1.807, 2.05) is 53.9 Å². The summed E-state index contributed by atoms with van der Waals surface area (Å²) in [6.07, 6.45) is 0. The summed E-state index contributed by atoms with van der Waals surface area (Å²) >= 11 is 10.3. The van der Waals surface area contributed by atoms with Crippen LogP contribution in [0.3, 0.4) is 0 Å². The van der Waals surface area contributed by atoms with Crippen LogP contribution in [-0.2, 0) is 0 Å². The first kappa shape index (κ1) is 13.6. The van der Waals surface area contributed by atoms with Gasteiger partial charge in [-0.05, 0) is 30.3 Å². The van der Waals surface area contributed by atoms with Gasteiger partial charge in [0.15, 0.2) is 5.75 Å². The second-order valence-electron chi connectivity index (χ2n) is 4.90. The van der Waals surface area contributed by atoms with E-state index in [9.17, 15) is 0 Å². The van der Waals surface area contributed by atoms with E-state index >= 15 is 0 Å². The van der Waals surface area contributed by atoms with Gasteiger partial charge in [-0.3, -0.25) is 0 Å². The maximum atomic E-state index is 6.38. The molecule has 2 heterocycles. The molecule has 2 aliphatic heterocycles. The van der Waals surface area contributed by atoms with Crippen molar-refractivity contribution in [3.05, 3.63) is 48.0 Å². The van der Waals surface area contributed by atoms with Crippen LogP contribution in [0.15, 0.2) is 52.4 Å². The standard InChI is InChI=1S/C16H12ClNOS2/c17-16-12-7-10(20-8-11-9-21-11)5-6-14(12)19-15-4-2-1-3-13(15)18-16/h1-7,11H,8-9H2. The number of rotatable bonds is 3. The number of ether oxygens (including phenoxy) is 1. The minimum Gasteiger partial charge on any atom is -0.454 e. The zero-order chi connectivity index (χ0) is 14.2. The number of nitrogens with zero attached hydrogens (tertiary/aromatic N) is 1. The molecule has 1 unspecified atom stereocenters. The fourth-order valence-electron chi connectivity index (χ4n) is 2.12. The number of hydrogen-bond acceptors (Lipinski definition) is 4.